The number of fused-ring (bicyclic) bond motifs is 1. The van der Waals surface area contributed by atoms with Gasteiger partial charge in [0.15, 0.2) is 11.0 Å². The highest BCUT2D eigenvalue weighted by atomic mass is 32.2. The molecule has 3 rings (SSSR count). The molecule has 1 aliphatic rings. The molecule has 0 bridgehead atoms. The van der Waals surface area contributed by atoms with Crippen LogP contribution in [0.3, 0.4) is 0 Å². The summed E-state index contributed by atoms with van der Waals surface area (Å²) >= 11 is 3.25. The Balaban J connectivity index is 1.67. The third kappa shape index (κ3) is 4.75. The summed E-state index contributed by atoms with van der Waals surface area (Å²) in [6, 6.07) is 1.45. The van der Waals surface area contributed by atoms with Crippen molar-refractivity contribution >= 4 is 35.0 Å². The average molecular weight is 422 g/mol. The second-order valence-corrected chi connectivity index (χ2v) is 10.4. The van der Waals surface area contributed by atoms with Crippen LogP contribution in [-0.2, 0) is 24.7 Å². The molecule has 2 aromatic rings. The van der Waals surface area contributed by atoms with Gasteiger partial charge in [0.2, 0.25) is 5.91 Å². The Morgan fingerprint density at radius 1 is 1.39 bits per heavy atom. The van der Waals surface area contributed by atoms with E-state index in [1.165, 1.54) is 28.6 Å². The minimum absolute atomic E-state index is 0.192. The molecule has 152 valence electrons. The number of aryl methyl sites for hydroxylation is 1. The summed E-state index contributed by atoms with van der Waals surface area (Å²) in [6.45, 7) is 6.98. The number of urea groups is 1. The number of aromatic nitrogens is 3. The topological polar surface area (TPSA) is 103 Å². The summed E-state index contributed by atoms with van der Waals surface area (Å²) in [6.07, 6.45) is 3.70. The molecule has 3 N–H and O–H groups in total. The lowest BCUT2D eigenvalue weighted by atomic mass is 9.72. The maximum Gasteiger partial charge on any atom is 0.318 e. The number of hydrogen-bond donors (Lipinski definition) is 2. The number of thioether (sulfide) groups is 1. The van der Waals surface area contributed by atoms with Crippen molar-refractivity contribution in [2.24, 2.45) is 24.1 Å². The van der Waals surface area contributed by atoms with Gasteiger partial charge in [-0.2, -0.15) is 0 Å². The molecule has 0 spiro atoms. The normalized spacial score (nSPS) is 16.6. The number of thiophene rings is 1. The number of carbonyl (C=O) groups excluding carboxylic acids is 2. The number of hydrogen-bond acceptors (Lipinski definition) is 6. The molecule has 0 aliphatic heterocycles. The van der Waals surface area contributed by atoms with Gasteiger partial charge in [0, 0.05) is 24.1 Å². The lowest BCUT2D eigenvalue weighted by Gasteiger charge is -2.33. The largest absolute Gasteiger partial charge is 0.351 e. The van der Waals surface area contributed by atoms with Crippen molar-refractivity contribution in [2.75, 3.05) is 5.75 Å². The highest BCUT2D eigenvalue weighted by molar-refractivity contribution is 7.99. The Morgan fingerprint density at radius 2 is 2.14 bits per heavy atom. The molecule has 2 aromatic heterocycles. The summed E-state index contributed by atoms with van der Waals surface area (Å²) in [7, 11) is 1.94. The van der Waals surface area contributed by atoms with E-state index >= 15 is 0 Å². The van der Waals surface area contributed by atoms with Crippen molar-refractivity contribution in [3.63, 3.8) is 0 Å². The summed E-state index contributed by atoms with van der Waals surface area (Å²) in [5, 5.41) is 11.5. The molecule has 3 amide bonds. The monoisotopic (exact) mass is 421 g/mol. The third-order valence-corrected chi connectivity index (χ3v) is 7.44. The first-order valence-corrected chi connectivity index (χ1v) is 11.2. The molecule has 1 unspecified atom stereocenters. The van der Waals surface area contributed by atoms with Crippen LogP contribution < -0.4 is 11.1 Å². The Morgan fingerprint density at radius 3 is 2.82 bits per heavy atom. The molecular weight excluding hydrogens is 394 g/mol. The predicted octanol–water partition coefficient (Wildman–Crippen LogP) is 3.37. The van der Waals surface area contributed by atoms with Gasteiger partial charge in [0.1, 0.15) is 0 Å². The fraction of sp³-hybridized carbons (Fsp3) is 0.579. The SMILES string of the molecule is Cn1c(SCCC(=O)NC(N)=O)nnc1-c1cc2c(s1)CCC(C(C)(C)C)C2. The van der Waals surface area contributed by atoms with Gasteiger partial charge in [-0.3, -0.25) is 10.1 Å². The molecule has 0 saturated carbocycles. The first-order chi connectivity index (χ1) is 13.1. The molecule has 7 nitrogen and oxygen atoms in total. The Bertz CT molecular complexity index is 882. The van der Waals surface area contributed by atoms with E-state index in [2.05, 4.69) is 42.4 Å². The van der Waals surface area contributed by atoms with Crippen LogP contribution in [0.2, 0.25) is 0 Å². The van der Waals surface area contributed by atoms with Gasteiger partial charge >= 0.3 is 6.03 Å². The number of amides is 3. The van der Waals surface area contributed by atoms with Crippen LogP contribution in [0.1, 0.15) is 44.1 Å². The molecule has 0 fully saturated rings. The van der Waals surface area contributed by atoms with E-state index in [1.54, 1.807) is 0 Å². The van der Waals surface area contributed by atoms with Gasteiger partial charge in [-0.15, -0.1) is 21.5 Å². The fourth-order valence-corrected chi connectivity index (χ4v) is 5.54. The van der Waals surface area contributed by atoms with Gasteiger partial charge in [0.25, 0.3) is 0 Å². The second-order valence-electron chi connectivity index (χ2n) is 8.24. The van der Waals surface area contributed by atoms with Gasteiger partial charge in [0.05, 0.1) is 4.88 Å². The molecule has 9 heteroatoms. The third-order valence-electron chi connectivity index (χ3n) is 5.19. The first kappa shape index (κ1) is 20.9. The van der Waals surface area contributed by atoms with Crippen LogP contribution in [0.4, 0.5) is 4.79 Å². The molecule has 1 aliphatic carbocycles. The van der Waals surface area contributed by atoms with Crippen molar-refractivity contribution in [2.45, 2.75) is 51.6 Å². The Kier molecular flexibility index (Phi) is 6.14. The smallest absolute Gasteiger partial charge is 0.318 e. The number of nitrogens with two attached hydrogens (primary N) is 1. The van der Waals surface area contributed by atoms with Crippen LogP contribution >= 0.6 is 23.1 Å². The summed E-state index contributed by atoms with van der Waals surface area (Å²) in [5.41, 5.74) is 6.72. The van der Waals surface area contributed by atoms with Gasteiger partial charge in [-0.1, -0.05) is 32.5 Å². The number of nitrogens with one attached hydrogen (secondary N) is 1. The summed E-state index contributed by atoms with van der Waals surface area (Å²) in [4.78, 5) is 24.8. The fourth-order valence-electron chi connectivity index (χ4n) is 3.46. The van der Waals surface area contributed by atoms with E-state index in [9.17, 15) is 9.59 Å². The zero-order chi connectivity index (χ0) is 20.5. The zero-order valence-corrected chi connectivity index (χ0v) is 18.4. The highest BCUT2D eigenvalue weighted by Gasteiger charge is 2.30. The number of rotatable bonds is 5. The maximum absolute atomic E-state index is 11.5. The molecule has 1 atom stereocenters. The van der Waals surface area contributed by atoms with Crippen molar-refractivity contribution in [1.82, 2.24) is 20.1 Å². The van der Waals surface area contributed by atoms with Gasteiger partial charge < -0.3 is 10.3 Å². The van der Waals surface area contributed by atoms with Crippen LogP contribution in [0.25, 0.3) is 10.7 Å². The molecule has 0 aromatic carbocycles. The summed E-state index contributed by atoms with van der Waals surface area (Å²) < 4.78 is 1.97. The van der Waals surface area contributed by atoms with E-state index in [1.807, 2.05) is 23.0 Å². The number of carbonyl (C=O) groups is 2. The molecule has 0 saturated heterocycles. The number of nitrogens with zero attached hydrogens (tertiary/aromatic N) is 3. The van der Waals surface area contributed by atoms with Crippen molar-refractivity contribution < 1.29 is 9.59 Å². The number of primary amides is 1. The minimum atomic E-state index is -0.827. The van der Waals surface area contributed by atoms with Crippen molar-refractivity contribution in [3.8, 4) is 10.7 Å². The standard InChI is InChI=1S/C19H27N5O2S2/c1-19(2,3)12-5-6-13-11(9-12)10-14(28-13)16-22-23-18(24(16)4)27-8-7-15(25)21-17(20)26/h10,12H,5-9H2,1-4H3,(H3,20,21,25,26). The Labute approximate surface area is 173 Å². The average Bonchev–Trinajstić information content (AvgIpc) is 3.16. The van der Waals surface area contributed by atoms with Crippen molar-refractivity contribution in [1.29, 1.82) is 0 Å². The van der Waals surface area contributed by atoms with Gasteiger partial charge in [-0.25, -0.2) is 4.79 Å². The van der Waals surface area contributed by atoms with Crippen LogP contribution in [-0.4, -0.2) is 32.5 Å². The van der Waals surface area contributed by atoms with Crippen LogP contribution in [0, 0.1) is 11.3 Å². The quantitative estimate of drug-likeness (QED) is 0.721. The lowest BCUT2D eigenvalue weighted by Crippen LogP contribution is -2.35. The summed E-state index contributed by atoms with van der Waals surface area (Å²) in [5.74, 6) is 1.68. The maximum atomic E-state index is 11.5. The van der Waals surface area contributed by atoms with E-state index < -0.39 is 6.03 Å². The van der Waals surface area contributed by atoms with E-state index in [0.717, 1.165) is 28.7 Å². The van der Waals surface area contributed by atoms with E-state index in [-0.39, 0.29) is 12.3 Å². The predicted molar refractivity (Wildman–Crippen MR) is 112 cm³/mol. The van der Waals surface area contributed by atoms with E-state index in [4.69, 9.17) is 5.73 Å². The molecule has 2 heterocycles. The van der Waals surface area contributed by atoms with Crippen LogP contribution in [0.5, 0.6) is 0 Å². The minimum Gasteiger partial charge on any atom is -0.351 e. The molecule has 28 heavy (non-hydrogen) atoms. The highest BCUT2D eigenvalue weighted by Crippen LogP contribution is 2.42. The lowest BCUT2D eigenvalue weighted by molar-refractivity contribution is -0.119. The molecule has 0 radical (unpaired) electrons. The zero-order valence-electron chi connectivity index (χ0n) is 16.7. The Hall–Kier alpha value is -1.87. The first-order valence-electron chi connectivity index (χ1n) is 9.38. The van der Waals surface area contributed by atoms with Crippen molar-refractivity contribution in [3.05, 3.63) is 16.5 Å². The second kappa shape index (κ2) is 8.24. The number of imide groups is 1. The molecular formula is C19H27N5O2S2. The van der Waals surface area contributed by atoms with Crippen LogP contribution in [0.15, 0.2) is 11.2 Å². The van der Waals surface area contributed by atoms with E-state index in [0.29, 0.717) is 17.1 Å². The van der Waals surface area contributed by atoms with Gasteiger partial charge in [-0.05, 0) is 42.2 Å².